The Labute approximate surface area is 433 Å². The highest BCUT2D eigenvalue weighted by Crippen LogP contribution is 2.27. The molecule has 1 aliphatic heterocycles. The molecule has 0 bridgehead atoms. The molecule has 1 heterocycles. The van der Waals surface area contributed by atoms with Crippen molar-refractivity contribution in [3.63, 3.8) is 0 Å². The van der Waals surface area contributed by atoms with Crippen molar-refractivity contribution in [3.05, 3.63) is 36.5 Å². The molecule has 1 fully saturated rings. The minimum absolute atomic E-state index is 0.0699. The Morgan fingerprint density at radius 3 is 1.24 bits per heavy atom. The maximum atomic E-state index is 12.1. The average Bonchev–Trinajstić information content (AvgIpc) is 3.63. The van der Waals surface area contributed by atoms with Crippen molar-refractivity contribution in [1.29, 1.82) is 0 Å². The molecule has 0 aliphatic carbocycles. The van der Waals surface area contributed by atoms with Gasteiger partial charge in [0, 0.05) is 6.42 Å². The maximum absolute atomic E-state index is 12.1. The molecule has 1 rings (SSSR count). The predicted octanol–water partition coefficient (Wildman–Crippen LogP) is 13.7. The molecular weight excluding hydrogens is 875 g/mol. The van der Waals surface area contributed by atoms with Crippen molar-refractivity contribution in [2.24, 2.45) is 5.73 Å². The summed E-state index contributed by atoms with van der Waals surface area (Å²) in [6.45, 7) is 13.2. The number of rotatable bonds is 45. The highest BCUT2D eigenvalue weighted by Gasteiger charge is 2.40. The van der Waals surface area contributed by atoms with Crippen molar-refractivity contribution >= 4 is 5.91 Å². The zero-order valence-electron chi connectivity index (χ0n) is 47.1. The smallest absolute Gasteiger partial charge is 0.220 e. The Bertz CT molecular complexity index is 1180. The van der Waals surface area contributed by atoms with Crippen LogP contribution in [0.4, 0.5) is 0 Å². The van der Waals surface area contributed by atoms with Gasteiger partial charge in [0.1, 0.15) is 5.72 Å². The molecule has 10 heteroatoms. The zero-order chi connectivity index (χ0) is 52.4. The predicted molar refractivity (Wildman–Crippen MR) is 300 cm³/mol. The number of likely N-dealkylation sites (N-methyl/N-ethyl adjacent to an activating group) is 1. The lowest BCUT2D eigenvalue weighted by molar-refractivity contribution is -0.123. The van der Waals surface area contributed by atoms with Gasteiger partial charge in [-0.3, -0.25) is 9.69 Å². The quantitative estimate of drug-likeness (QED) is 0.0232. The summed E-state index contributed by atoms with van der Waals surface area (Å²) in [5, 5.41) is 51.0. The lowest BCUT2D eigenvalue weighted by Gasteiger charge is -2.30. The first-order chi connectivity index (χ1) is 33.9. The van der Waals surface area contributed by atoms with E-state index in [1.54, 1.807) is 12.2 Å². The molecule has 6 atom stereocenters. The van der Waals surface area contributed by atoms with Crippen molar-refractivity contribution in [2.45, 2.75) is 315 Å². The first-order valence-electron chi connectivity index (χ1n) is 29.5. The van der Waals surface area contributed by atoms with E-state index in [2.05, 4.69) is 44.0 Å². The number of aliphatic hydroxyl groups excluding tert-OH is 5. The van der Waals surface area contributed by atoms with Gasteiger partial charge in [-0.05, 0) is 65.8 Å². The molecule has 1 saturated heterocycles. The maximum Gasteiger partial charge on any atom is 0.220 e. The van der Waals surface area contributed by atoms with E-state index in [1.165, 1.54) is 186 Å². The molecule has 70 heavy (non-hydrogen) atoms. The van der Waals surface area contributed by atoms with Gasteiger partial charge >= 0.3 is 0 Å². The highest BCUT2D eigenvalue weighted by molar-refractivity contribution is 5.76. The van der Waals surface area contributed by atoms with E-state index in [4.69, 9.17) is 15.6 Å². The number of hydrogen-bond donors (Lipinski definition) is 7. The summed E-state index contributed by atoms with van der Waals surface area (Å²) in [6.07, 6.45) is 54.1. The lowest BCUT2D eigenvalue weighted by Crippen LogP contribution is -2.45. The molecule has 8 N–H and O–H groups in total. The average molecular weight is 995 g/mol. The molecule has 0 aromatic carbocycles. The van der Waals surface area contributed by atoms with Crippen LogP contribution in [0.25, 0.3) is 0 Å². The molecule has 0 aromatic rings. The minimum atomic E-state index is -0.828. The molecule has 10 nitrogen and oxygen atoms in total. The molecule has 0 radical (unpaired) electrons. The van der Waals surface area contributed by atoms with Gasteiger partial charge in [-0.25, -0.2) is 0 Å². The van der Waals surface area contributed by atoms with Crippen LogP contribution in [0.2, 0.25) is 0 Å². The van der Waals surface area contributed by atoms with Gasteiger partial charge in [-0.2, -0.15) is 0 Å². The first-order valence-corrected chi connectivity index (χ1v) is 29.5. The van der Waals surface area contributed by atoms with E-state index in [9.17, 15) is 25.2 Å². The van der Waals surface area contributed by atoms with Crippen LogP contribution in [0.1, 0.15) is 273 Å². The van der Waals surface area contributed by atoms with Gasteiger partial charge in [-0.15, -0.1) is 0 Å². The van der Waals surface area contributed by atoms with Crippen LogP contribution in [0.3, 0.4) is 0 Å². The summed E-state index contributed by atoms with van der Waals surface area (Å²) in [4.78, 5) is 14.3. The van der Waals surface area contributed by atoms with Crippen LogP contribution < -0.4 is 11.1 Å². The number of nitrogens with zero attached hydrogens (tertiary/aromatic N) is 1. The van der Waals surface area contributed by atoms with Gasteiger partial charge in [0.2, 0.25) is 5.91 Å². The van der Waals surface area contributed by atoms with E-state index >= 15 is 0 Å². The lowest BCUT2D eigenvalue weighted by atomic mass is 10.0. The third-order valence-corrected chi connectivity index (χ3v) is 13.9. The molecular formula is C60H119N3O7. The monoisotopic (exact) mass is 994 g/mol. The summed E-state index contributed by atoms with van der Waals surface area (Å²) in [5.41, 5.74) is 5.21. The van der Waals surface area contributed by atoms with Crippen molar-refractivity contribution in [1.82, 2.24) is 10.2 Å². The molecule has 1 amide bonds. The molecule has 0 unspecified atom stereocenters. The zero-order valence-corrected chi connectivity index (χ0v) is 47.1. The third-order valence-electron chi connectivity index (χ3n) is 13.9. The van der Waals surface area contributed by atoms with Crippen molar-refractivity contribution in [2.75, 3.05) is 26.9 Å². The van der Waals surface area contributed by atoms with Crippen LogP contribution in [-0.2, 0) is 9.53 Å². The Balaban J connectivity index is 0. The van der Waals surface area contributed by atoms with E-state index in [0.29, 0.717) is 13.0 Å². The first kappa shape index (κ1) is 70.4. The van der Waals surface area contributed by atoms with Gasteiger partial charge in [-0.1, -0.05) is 244 Å². The van der Waals surface area contributed by atoms with Crippen LogP contribution in [0.15, 0.2) is 36.5 Å². The molecule has 0 spiro atoms. The fourth-order valence-electron chi connectivity index (χ4n) is 8.58. The number of aliphatic hydroxyl groups is 5. The summed E-state index contributed by atoms with van der Waals surface area (Å²) in [7, 11) is 2.02. The Hall–Kier alpha value is -1.63. The van der Waals surface area contributed by atoms with Crippen LogP contribution in [-0.4, -0.2) is 105 Å². The number of ether oxygens (including phenoxy) is 1. The van der Waals surface area contributed by atoms with E-state index in [0.717, 1.165) is 38.5 Å². The summed E-state index contributed by atoms with van der Waals surface area (Å²) >= 11 is 0. The van der Waals surface area contributed by atoms with Crippen LogP contribution >= 0.6 is 0 Å². The number of nitrogens with two attached hydrogens (primary N) is 1. The Morgan fingerprint density at radius 1 is 0.557 bits per heavy atom. The van der Waals surface area contributed by atoms with Gasteiger partial charge in [0.25, 0.3) is 0 Å². The number of unbranched alkanes of at least 4 members (excludes halogenated alkanes) is 31. The summed E-state index contributed by atoms with van der Waals surface area (Å²) < 4.78 is 5.71. The normalized spacial score (nSPS) is 17.1. The van der Waals surface area contributed by atoms with E-state index in [1.807, 2.05) is 39.1 Å². The molecule has 0 aromatic heterocycles. The number of allylic oxidation sites excluding steroid dienone is 3. The van der Waals surface area contributed by atoms with Crippen molar-refractivity contribution in [3.8, 4) is 0 Å². The van der Waals surface area contributed by atoms with Gasteiger partial charge < -0.3 is 41.3 Å². The number of nitrogens with one attached hydrogen (secondary N) is 1. The second-order valence-electron chi connectivity index (χ2n) is 20.9. The summed E-state index contributed by atoms with van der Waals surface area (Å²) in [5.74, 6) is -0.0699. The van der Waals surface area contributed by atoms with Gasteiger partial charge in [0.05, 0.1) is 56.3 Å². The SMILES string of the molecule is CCCCCCCCC/C=C/[C@@H](O)[C@@H](N)CO.CCCCCCCCC/C=C/[C@@H](O)[C@@H]1COC(C)(C)N1C.CCCCCCCCC/C=C/[C@@H](O)[C@H](CO)NC(=O)CCCCCCCCCCCCC. The van der Waals surface area contributed by atoms with Crippen LogP contribution in [0, 0.1) is 0 Å². The van der Waals surface area contributed by atoms with Gasteiger partial charge in [0.15, 0.2) is 0 Å². The number of carbonyl (C=O) groups is 1. The second-order valence-corrected chi connectivity index (χ2v) is 20.9. The Kier molecular flexibility index (Phi) is 52.6. The number of hydrogen-bond acceptors (Lipinski definition) is 9. The number of amides is 1. The van der Waals surface area contributed by atoms with Crippen LogP contribution in [0.5, 0.6) is 0 Å². The summed E-state index contributed by atoms with van der Waals surface area (Å²) in [6, 6.07) is -1.09. The topological polar surface area (TPSA) is 169 Å². The molecule has 0 saturated carbocycles. The fraction of sp³-hybridized carbons (Fsp3) is 0.883. The largest absolute Gasteiger partial charge is 0.395 e. The number of carbonyl (C=O) groups excluding carboxylic acids is 1. The fourth-order valence-corrected chi connectivity index (χ4v) is 8.58. The Morgan fingerprint density at radius 2 is 0.900 bits per heavy atom. The standard InChI is InChI=1S/C28H55NO3.C18H35NO2.C14H29NO2/c1-3-5-7-9-11-13-14-16-18-20-22-24-28(32)29-26(25-30)27(31)23-21-19-17-15-12-10-8-6-4-2;1-5-6-7-8-9-10-11-12-13-14-17(20)16-15-21-18(2,3)19(16)4;1-2-3-4-5-6-7-8-9-10-11-14(17)13(15)12-16/h21,23,26-27,30-31H,3-20,22,24-25H2,1-2H3,(H,29,32);13-14,16-17,20H,5-12,15H2,1-4H3;10-11,13-14,16-17H,2-9,12,15H2,1H3/b23-21+;14-13+;11-10+/t26-,27+;16-,17+;13-,14+/m000/s1. The van der Waals surface area contributed by atoms with E-state index in [-0.39, 0.29) is 30.9 Å². The minimum Gasteiger partial charge on any atom is -0.395 e. The highest BCUT2D eigenvalue weighted by atomic mass is 16.5. The third kappa shape index (κ3) is 43.9. The van der Waals surface area contributed by atoms with Crippen molar-refractivity contribution < 1.29 is 35.1 Å². The molecule has 1 aliphatic rings. The second kappa shape index (κ2) is 52.2. The van der Waals surface area contributed by atoms with E-state index < -0.39 is 30.4 Å². The molecule has 416 valence electrons.